The van der Waals surface area contributed by atoms with Crippen LogP contribution in [0.25, 0.3) is 11.2 Å². The van der Waals surface area contributed by atoms with Crippen molar-refractivity contribution in [2.75, 3.05) is 38.2 Å². The number of fused-ring (bicyclic) bond motifs is 1. The zero-order chi connectivity index (χ0) is 23.4. The maximum absolute atomic E-state index is 13.4. The van der Waals surface area contributed by atoms with Gasteiger partial charge < -0.3 is 19.7 Å². The number of hydrogen-bond acceptors (Lipinski definition) is 8. The molecule has 0 saturated carbocycles. The fourth-order valence-corrected chi connectivity index (χ4v) is 3.71. The lowest BCUT2D eigenvalue weighted by Crippen LogP contribution is -2.44. The molecule has 3 heterocycles. The number of aromatic nitrogens is 4. The molecule has 10 nitrogen and oxygen atoms in total. The maximum atomic E-state index is 13.4. The van der Waals surface area contributed by atoms with E-state index < -0.39 is 0 Å². The third-order valence-corrected chi connectivity index (χ3v) is 5.47. The van der Waals surface area contributed by atoms with Crippen molar-refractivity contribution in [2.45, 2.75) is 19.9 Å². The average molecular weight is 450 g/mol. The second kappa shape index (κ2) is 9.75. The Morgan fingerprint density at radius 3 is 2.70 bits per heavy atom. The molecule has 33 heavy (non-hydrogen) atoms. The van der Waals surface area contributed by atoms with Gasteiger partial charge >= 0.3 is 12.0 Å². The van der Waals surface area contributed by atoms with Crippen LogP contribution >= 0.6 is 0 Å². The molecule has 3 aromatic rings. The summed E-state index contributed by atoms with van der Waals surface area (Å²) >= 11 is 0. The SMILES string of the molecule is CC#CCn1c(N2CCNCC2)nc2nc(Oc3ccccc3CC(=O)OC)n(C)c(=O)c21. The van der Waals surface area contributed by atoms with Gasteiger partial charge in [0.05, 0.1) is 20.1 Å². The van der Waals surface area contributed by atoms with Crippen molar-refractivity contribution < 1.29 is 14.3 Å². The van der Waals surface area contributed by atoms with Crippen LogP contribution in [0.5, 0.6) is 11.8 Å². The van der Waals surface area contributed by atoms with Gasteiger partial charge in [0.2, 0.25) is 5.95 Å². The topological polar surface area (TPSA) is 104 Å². The highest BCUT2D eigenvalue weighted by atomic mass is 16.5. The quantitative estimate of drug-likeness (QED) is 0.440. The third-order valence-electron chi connectivity index (χ3n) is 5.47. The summed E-state index contributed by atoms with van der Waals surface area (Å²) in [5.41, 5.74) is 1.02. The van der Waals surface area contributed by atoms with Gasteiger partial charge in [-0.25, -0.2) is 0 Å². The summed E-state index contributed by atoms with van der Waals surface area (Å²) in [7, 11) is 2.93. The summed E-state index contributed by atoms with van der Waals surface area (Å²) in [6.45, 7) is 5.31. The number of ether oxygens (including phenoxy) is 2. The van der Waals surface area contributed by atoms with Crippen LogP contribution < -0.4 is 20.5 Å². The van der Waals surface area contributed by atoms with E-state index in [-0.39, 0.29) is 24.0 Å². The minimum atomic E-state index is -0.389. The Labute approximate surface area is 191 Å². The number of carbonyl (C=O) groups is 1. The predicted molar refractivity (Wildman–Crippen MR) is 124 cm³/mol. The standard InChI is InChI=1S/C23H26N6O4/c1-4-5-12-29-19-20(25-22(29)28-13-10-24-11-14-28)26-23(27(2)21(19)31)33-17-9-7-6-8-16(17)15-18(30)32-3/h6-9,24H,10-15H2,1-3H3. The van der Waals surface area contributed by atoms with Crippen LogP contribution in [0.2, 0.25) is 0 Å². The number of esters is 1. The van der Waals surface area contributed by atoms with Gasteiger partial charge in [0, 0.05) is 38.8 Å². The number of piperazine rings is 1. The first-order chi connectivity index (χ1) is 16.0. The normalized spacial score (nSPS) is 13.5. The lowest BCUT2D eigenvalue weighted by molar-refractivity contribution is -0.139. The lowest BCUT2D eigenvalue weighted by atomic mass is 10.1. The zero-order valence-electron chi connectivity index (χ0n) is 18.9. The van der Waals surface area contributed by atoms with Crippen molar-refractivity contribution in [1.29, 1.82) is 0 Å². The van der Waals surface area contributed by atoms with Crippen molar-refractivity contribution in [1.82, 2.24) is 24.4 Å². The zero-order valence-corrected chi connectivity index (χ0v) is 18.9. The van der Waals surface area contributed by atoms with Crippen LogP contribution in [0.1, 0.15) is 12.5 Å². The first kappa shape index (κ1) is 22.4. The monoisotopic (exact) mass is 450 g/mol. The minimum absolute atomic E-state index is 0.0420. The molecule has 10 heteroatoms. The number of hydrogen-bond donors (Lipinski definition) is 1. The first-order valence-electron chi connectivity index (χ1n) is 10.7. The number of para-hydroxylation sites is 1. The molecule has 0 aliphatic carbocycles. The lowest BCUT2D eigenvalue weighted by Gasteiger charge is -2.28. The Bertz CT molecular complexity index is 1290. The van der Waals surface area contributed by atoms with E-state index in [2.05, 4.69) is 27.0 Å². The molecule has 1 aromatic carbocycles. The average Bonchev–Trinajstić information content (AvgIpc) is 3.20. The van der Waals surface area contributed by atoms with E-state index in [0.29, 0.717) is 35.0 Å². The molecule has 172 valence electrons. The molecule has 1 fully saturated rings. The van der Waals surface area contributed by atoms with Gasteiger partial charge in [-0.2, -0.15) is 9.97 Å². The van der Waals surface area contributed by atoms with Crippen LogP contribution in [0.3, 0.4) is 0 Å². The van der Waals surface area contributed by atoms with Gasteiger partial charge in [-0.1, -0.05) is 24.1 Å². The predicted octanol–water partition coefficient (Wildman–Crippen LogP) is 1.07. The molecule has 0 radical (unpaired) electrons. The van der Waals surface area contributed by atoms with Crippen molar-refractivity contribution in [2.24, 2.45) is 7.05 Å². The second-order valence-corrected chi connectivity index (χ2v) is 7.56. The van der Waals surface area contributed by atoms with E-state index in [0.717, 1.165) is 26.2 Å². The van der Waals surface area contributed by atoms with Gasteiger partial charge in [0.1, 0.15) is 5.75 Å². The molecule has 1 saturated heterocycles. The van der Waals surface area contributed by atoms with Crippen LogP contribution in [0, 0.1) is 11.8 Å². The molecule has 2 aromatic heterocycles. The van der Waals surface area contributed by atoms with E-state index in [1.54, 1.807) is 38.2 Å². The van der Waals surface area contributed by atoms with Crippen molar-refractivity contribution in [3.8, 4) is 23.6 Å². The first-order valence-corrected chi connectivity index (χ1v) is 10.7. The van der Waals surface area contributed by atoms with Gasteiger partial charge in [-0.05, 0) is 13.0 Å². The molecule has 0 spiro atoms. The van der Waals surface area contributed by atoms with E-state index >= 15 is 0 Å². The van der Waals surface area contributed by atoms with E-state index in [1.165, 1.54) is 11.7 Å². The highest BCUT2D eigenvalue weighted by molar-refractivity contribution is 5.75. The second-order valence-electron chi connectivity index (χ2n) is 7.56. The largest absolute Gasteiger partial charge is 0.469 e. The van der Waals surface area contributed by atoms with E-state index in [4.69, 9.17) is 14.5 Å². The number of methoxy groups -OCH3 is 1. The molecule has 0 bridgehead atoms. The molecule has 0 unspecified atom stereocenters. The Balaban J connectivity index is 1.79. The smallest absolute Gasteiger partial charge is 0.310 e. The summed E-state index contributed by atoms with van der Waals surface area (Å²) in [4.78, 5) is 36.5. The highest BCUT2D eigenvalue weighted by Crippen LogP contribution is 2.26. The number of rotatable bonds is 6. The minimum Gasteiger partial charge on any atom is -0.469 e. The molecule has 1 N–H and O–H groups in total. The molecule has 1 aliphatic heterocycles. The summed E-state index contributed by atoms with van der Waals surface area (Å²) in [5.74, 6) is 6.62. The molecular formula is C23H26N6O4. The van der Waals surface area contributed by atoms with Crippen LogP contribution in [0.4, 0.5) is 5.95 Å². The van der Waals surface area contributed by atoms with Crippen LogP contribution in [-0.4, -0.2) is 58.4 Å². The number of nitrogens with zero attached hydrogens (tertiary/aromatic N) is 5. The summed E-state index contributed by atoms with van der Waals surface area (Å²) in [6.07, 6.45) is 0.0420. The Morgan fingerprint density at radius 1 is 1.21 bits per heavy atom. The Morgan fingerprint density at radius 2 is 1.97 bits per heavy atom. The number of imidazole rings is 1. The van der Waals surface area contributed by atoms with Gasteiger partial charge in [0.15, 0.2) is 11.2 Å². The number of anilines is 1. The van der Waals surface area contributed by atoms with Gasteiger partial charge in [-0.3, -0.25) is 18.7 Å². The number of benzene rings is 1. The fraction of sp³-hybridized carbons (Fsp3) is 0.391. The highest BCUT2D eigenvalue weighted by Gasteiger charge is 2.24. The molecule has 4 rings (SSSR count). The van der Waals surface area contributed by atoms with Crippen molar-refractivity contribution in [3.63, 3.8) is 0 Å². The third kappa shape index (κ3) is 4.54. The molecule has 0 atom stereocenters. The Hall–Kier alpha value is -3.84. The van der Waals surface area contributed by atoms with E-state index in [1.807, 2.05) is 4.57 Å². The molecule has 0 amide bonds. The fourth-order valence-electron chi connectivity index (χ4n) is 3.71. The molecule has 1 aliphatic rings. The number of nitrogens with one attached hydrogen (secondary N) is 1. The summed E-state index contributed by atoms with van der Waals surface area (Å²) in [6, 6.07) is 7.16. The summed E-state index contributed by atoms with van der Waals surface area (Å²) < 4.78 is 13.9. The van der Waals surface area contributed by atoms with E-state index in [9.17, 15) is 9.59 Å². The van der Waals surface area contributed by atoms with Gasteiger partial charge in [0.25, 0.3) is 5.56 Å². The van der Waals surface area contributed by atoms with Crippen molar-refractivity contribution in [3.05, 3.63) is 40.2 Å². The van der Waals surface area contributed by atoms with Gasteiger partial charge in [-0.15, -0.1) is 5.92 Å². The Kier molecular flexibility index (Phi) is 6.60. The number of carbonyl (C=O) groups excluding carboxylic acids is 1. The maximum Gasteiger partial charge on any atom is 0.310 e. The molecular weight excluding hydrogens is 424 g/mol. The van der Waals surface area contributed by atoms with Crippen LogP contribution in [0.15, 0.2) is 29.1 Å². The van der Waals surface area contributed by atoms with Crippen LogP contribution in [-0.2, 0) is 29.5 Å². The van der Waals surface area contributed by atoms with Crippen molar-refractivity contribution >= 4 is 23.1 Å². The summed E-state index contributed by atoms with van der Waals surface area (Å²) in [5, 5.41) is 3.32.